The maximum Gasteiger partial charge on any atom is 0.408 e. The topological polar surface area (TPSA) is 78.9 Å². The van der Waals surface area contributed by atoms with Crippen molar-refractivity contribution in [2.45, 2.75) is 71.7 Å². The molecule has 0 heterocycles. The fourth-order valence-corrected chi connectivity index (χ4v) is 2.78. The van der Waals surface area contributed by atoms with Crippen molar-refractivity contribution in [3.8, 4) is 0 Å². The van der Waals surface area contributed by atoms with Crippen LogP contribution < -0.4 is 5.32 Å². The molecule has 6 nitrogen and oxygen atoms in total. The number of nitrogens with zero attached hydrogens (tertiary/aromatic N) is 1. The molecule has 0 fully saturated rings. The fraction of sp³-hybridized carbons (Fsp3) is 0.619. The van der Waals surface area contributed by atoms with Crippen molar-refractivity contribution in [2.75, 3.05) is 7.05 Å². The zero-order chi connectivity index (χ0) is 20.6. The molecule has 6 heteroatoms. The third-order valence-corrected chi connectivity index (χ3v) is 4.55. The molecular formula is C21H34N2O4. The Kier molecular flexibility index (Phi) is 8.76. The quantitative estimate of drug-likeness (QED) is 0.637. The van der Waals surface area contributed by atoms with E-state index in [-0.39, 0.29) is 0 Å². The SMILES string of the molecule is CCC(C)CC(NC(=O)OC(C)(C)C)N(C)C(Cc1ccccc1)C(=O)O. The first-order chi connectivity index (χ1) is 12.5. The molecule has 0 saturated heterocycles. The lowest BCUT2D eigenvalue weighted by molar-refractivity contribution is -0.144. The molecule has 3 atom stereocenters. The van der Waals surface area contributed by atoms with Gasteiger partial charge < -0.3 is 15.2 Å². The zero-order valence-electron chi connectivity index (χ0n) is 17.4. The van der Waals surface area contributed by atoms with E-state index in [1.807, 2.05) is 30.3 Å². The third kappa shape index (κ3) is 8.43. The van der Waals surface area contributed by atoms with Gasteiger partial charge >= 0.3 is 12.1 Å². The summed E-state index contributed by atoms with van der Waals surface area (Å²) in [6.07, 6.45) is 0.979. The summed E-state index contributed by atoms with van der Waals surface area (Å²) in [6, 6.07) is 8.76. The maximum atomic E-state index is 12.3. The van der Waals surface area contributed by atoms with Crippen LogP contribution in [-0.4, -0.2) is 46.9 Å². The van der Waals surface area contributed by atoms with Crippen LogP contribution in [0.15, 0.2) is 30.3 Å². The van der Waals surface area contributed by atoms with Crippen LogP contribution in [0.1, 0.15) is 53.0 Å². The van der Waals surface area contributed by atoms with Crippen LogP contribution in [0.25, 0.3) is 0 Å². The van der Waals surface area contributed by atoms with E-state index in [9.17, 15) is 14.7 Å². The molecule has 152 valence electrons. The van der Waals surface area contributed by atoms with Crippen molar-refractivity contribution in [3.63, 3.8) is 0 Å². The molecule has 1 amide bonds. The standard InChI is InChI=1S/C21H34N2O4/c1-7-15(2)13-18(22-20(26)27-21(3,4)5)23(6)17(19(24)25)14-16-11-9-8-10-12-16/h8-12,15,17-18H,7,13-14H2,1-6H3,(H,22,26)(H,24,25). The third-order valence-electron chi connectivity index (χ3n) is 4.55. The molecule has 2 N–H and O–H groups in total. The van der Waals surface area contributed by atoms with Gasteiger partial charge in [-0.3, -0.25) is 9.69 Å². The summed E-state index contributed by atoms with van der Waals surface area (Å²) < 4.78 is 5.37. The number of aliphatic carboxylic acids is 1. The Hall–Kier alpha value is -2.08. The minimum absolute atomic E-state index is 0.332. The first-order valence-electron chi connectivity index (χ1n) is 9.51. The number of alkyl carbamates (subject to hydrolysis) is 1. The summed E-state index contributed by atoms with van der Waals surface area (Å²) in [5, 5.41) is 12.6. The molecule has 1 aromatic rings. The van der Waals surface area contributed by atoms with Gasteiger partial charge in [0.25, 0.3) is 0 Å². The van der Waals surface area contributed by atoms with Crippen molar-refractivity contribution in [1.82, 2.24) is 10.2 Å². The predicted octanol–water partition coefficient (Wildman–Crippen LogP) is 3.90. The zero-order valence-corrected chi connectivity index (χ0v) is 17.4. The Balaban J connectivity index is 2.97. The first-order valence-corrected chi connectivity index (χ1v) is 9.51. The number of amides is 1. The number of nitrogens with one attached hydrogen (secondary N) is 1. The Morgan fingerprint density at radius 1 is 1.22 bits per heavy atom. The Morgan fingerprint density at radius 3 is 2.30 bits per heavy atom. The first kappa shape index (κ1) is 23.0. The number of carbonyl (C=O) groups is 2. The second-order valence-corrected chi connectivity index (χ2v) is 8.12. The molecule has 0 spiro atoms. The molecule has 0 saturated carbocycles. The monoisotopic (exact) mass is 378 g/mol. The van der Waals surface area contributed by atoms with Gasteiger partial charge in [0.15, 0.2) is 0 Å². The minimum Gasteiger partial charge on any atom is -0.480 e. The average Bonchev–Trinajstić information content (AvgIpc) is 2.57. The molecule has 0 bridgehead atoms. The molecule has 0 aromatic heterocycles. The summed E-state index contributed by atoms with van der Waals surface area (Å²) in [7, 11) is 1.74. The molecule has 27 heavy (non-hydrogen) atoms. The summed E-state index contributed by atoms with van der Waals surface area (Å²) in [6.45, 7) is 9.57. The van der Waals surface area contributed by atoms with Crippen molar-refractivity contribution in [3.05, 3.63) is 35.9 Å². The Labute approximate surface area is 162 Å². The lowest BCUT2D eigenvalue weighted by Crippen LogP contribution is -2.54. The largest absolute Gasteiger partial charge is 0.480 e. The van der Waals surface area contributed by atoms with Crippen LogP contribution in [0.5, 0.6) is 0 Å². The molecule has 0 radical (unpaired) electrons. The number of hydrogen-bond acceptors (Lipinski definition) is 4. The Morgan fingerprint density at radius 2 is 1.81 bits per heavy atom. The van der Waals surface area contributed by atoms with Crippen molar-refractivity contribution < 1.29 is 19.4 Å². The van der Waals surface area contributed by atoms with E-state index in [4.69, 9.17) is 4.74 Å². The van der Waals surface area contributed by atoms with E-state index in [0.717, 1.165) is 12.0 Å². The maximum absolute atomic E-state index is 12.3. The summed E-state index contributed by atoms with van der Waals surface area (Å²) in [4.78, 5) is 25.9. The number of hydrogen-bond donors (Lipinski definition) is 2. The van der Waals surface area contributed by atoms with Crippen LogP contribution in [0.4, 0.5) is 4.79 Å². The van der Waals surface area contributed by atoms with E-state index >= 15 is 0 Å². The van der Waals surface area contributed by atoms with Crippen LogP contribution in [0.3, 0.4) is 0 Å². The van der Waals surface area contributed by atoms with Crippen molar-refractivity contribution >= 4 is 12.1 Å². The summed E-state index contributed by atoms with van der Waals surface area (Å²) >= 11 is 0. The molecular weight excluding hydrogens is 344 g/mol. The molecule has 0 aliphatic heterocycles. The van der Waals surface area contributed by atoms with E-state index in [1.165, 1.54) is 0 Å². The average molecular weight is 379 g/mol. The lowest BCUT2D eigenvalue weighted by Gasteiger charge is -2.35. The number of carboxylic acids is 1. The highest BCUT2D eigenvalue weighted by Gasteiger charge is 2.31. The number of carboxylic acid groups (broad SMARTS) is 1. The molecule has 1 rings (SSSR count). The smallest absolute Gasteiger partial charge is 0.408 e. The number of ether oxygens (including phenoxy) is 1. The highest BCUT2D eigenvalue weighted by Crippen LogP contribution is 2.18. The number of benzene rings is 1. The molecule has 3 unspecified atom stereocenters. The number of carbonyl (C=O) groups excluding carboxylic acids is 1. The van der Waals surface area contributed by atoms with Crippen LogP contribution in [0.2, 0.25) is 0 Å². The fourth-order valence-electron chi connectivity index (χ4n) is 2.78. The number of likely N-dealkylation sites (N-methyl/N-ethyl adjacent to an activating group) is 1. The van der Waals surface area contributed by atoms with Crippen LogP contribution in [-0.2, 0) is 16.0 Å². The van der Waals surface area contributed by atoms with Crippen LogP contribution in [0, 0.1) is 5.92 Å². The van der Waals surface area contributed by atoms with E-state index in [1.54, 1.807) is 32.7 Å². The van der Waals surface area contributed by atoms with Gasteiger partial charge in [0.1, 0.15) is 11.6 Å². The summed E-state index contributed by atoms with van der Waals surface area (Å²) in [5.41, 5.74) is 0.330. The molecule has 0 aliphatic carbocycles. The molecule has 0 aliphatic rings. The van der Waals surface area contributed by atoms with Gasteiger partial charge in [0.2, 0.25) is 0 Å². The second kappa shape index (κ2) is 10.3. The normalized spacial score (nSPS) is 15.1. The van der Waals surface area contributed by atoms with E-state index in [0.29, 0.717) is 18.8 Å². The predicted molar refractivity (Wildman–Crippen MR) is 107 cm³/mol. The number of rotatable bonds is 9. The van der Waals surface area contributed by atoms with Crippen molar-refractivity contribution in [1.29, 1.82) is 0 Å². The van der Waals surface area contributed by atoms with Gasteiger partial charge in [-0.25, -0.2) is 4.79 Å². The van der Waals surface area contributed by atoms with Crippen LogP contribution >= 0.6 is 0 Å². The Bertz CT molecular complexity index is 598. The van der Waals surface area contributed by atoms with Crippen molar-refractivity contribution in [2.24, 2.45) is 5.92 Å². The highest BCUT2D eigenvalue weighted by atomic mass is 16.6. The highest BCUT2D eigenvalue weighted by molar-refractivity contribution is 5.74. The minimum atomic E-state index is -0.915. The van der Waals surface area contributed by atoms with Gasteiger partial charge in [0.05, 0.1) is 6.17 Å². The van der Waals surface area contributed by atoms with Gasteiger partial charge in [-0.2, -0.15) is 0 Å². The lowest BCUT2D eigenvalue weighted by atomic mass is 10.00. The molecule has 1 aromatic carbocycles. The van der Waals surface area contributed by atoms with E-state index in [2.05, 4.69) is 19.2 Å². The van der Waals surface area contributed by atoms with Gasteiger partial charge in [-0.05, 0) is 52.1 Å². The van der Waals surface area contributed by atoms with E-state index < -0.39 is 29.9 Å². The summed E-state index contributed by atoms with van der Waals surface area (Å²) in [5.74, 6) is -0.583. The van der Waals surface area contributed by atoms with Gasteiger partial charge in [0, 0.05) is 0 Å². The van der Waals surface area contributed by atoms with Gasteiger partial charge in [-0.1, -0.05) is 50.6 Å². The van der Waals surface area contributed by atoms with Gasteiger partial charge in [-0.15, -0.1) is 0 Å². The second-order valence-electron chi connectivity index (χ2n) is 8.12.